The Morgan fingerprint density at radius 1 is 1.69 bits per heavy atom. The van der Waals surface area contributed by atoms with Crippen LogP contribution in [-0.2, 0) is 15.9 Å². The fraction of sp³-hybridized carbons (Fsp3) is 0.571. The Hall–Kier alpha value is -1.08. The van der Waals surface area contributed by atoms with Crippen LogP contribution in [0.1, 0.15) is 6.92 Å². The Labute approximate surface area is 91.8 Å². The van der Waals surface area contributed by atoms with E-state index in [2.05, 4.69) is 15.6 Å². The van der Waals surface area contributed by atoms with Crippen molar-refractivity contribution in [3.63, 3.8) is 0 Å². The van der Waals surface area contributed by atoms with Crippen LogP contribution in [0.5, 0.6) is 0 Å². The third kappa shape index (κ3) is 3.21. The number of carbonyl (C=O) groups is 1. The van der Waals surface area contributed by atoms with Gasteiger partial charge in [-0.05, 0) is 14.0 Å². The van der Waals surface area contributed by atoms with Crippen molar-refractivity contribution in [1.29, 1.82) is 0 Å². The fourth-order valence-electron chi connectivity index (χ4n) is 1.12. The third-order valence-corrected chi connectivity index (χ3v) is 2.84. The summed E-state index contributed by atoms with van der Waals surface area (Å²) in [5.74, 6) is -0.0873. The maximum absolute atomic E-state index is 11.1. The molecule has 0 saturated carbocycles. The molecular formula is C7H13N4O4P. The molecule has 1 aromatic rings. The van der Waals surface area contributed by atoms with E-state index in [9.17, 15) is 9.36 Å². The first-order valence-corrected chi connectivity index (χ1v) is 6.09. The van der Waals surface area contributed by atoms with Crippen LogP contribution in [0.15, 0.2) is 6.20 Å². The average Bonchev–Trinajstić information content (AvgIpc) is 2.61. The normalized spacial score (nSPS) is 13.8. The van der Waals surface area contributed by atoms with Gasteiger partial charge in [0.15, 0.2) is 5.44 Å². The summed E-state index contributed by atoms with van der Waals surface area (Å²) in [6, 6.07) is -0.452. The van der Waals surface area contributed by atoms with Gasteiger partial charge in [-0.3, -0.25) is 9.36 Å². The van der Waals surface area contributed by atoms with E-state index < -0.39 is 19.1 Å². The van der Waals surface area contributed by atoms with Crippen LogP contribution in [0.3, 0.4) is 0 Å². The lowest BCUT2D eigenvalue weighted by Gasteiger charge is -2.11. The second-order valence-electron chi connectivity index (χ2n) is 3.29. The van der Waals surface area contributed by atoms with Gasteiger partial charge in [0.1, 0.15) is 5.78 Å². The minimum Gasteiger partial charge on any atom is -0.320 e. The van der Waals surface area contributed by atoms with Crippen LogP contribution in [0.4, 0.5) is 0 Å². The van der Waals surface area contributed by atoms with Gasteiger partial charge in [-0.2, -0.15) is 0 Å². The molecule has 0 radical (unpaired) electrons. The van der Waals surface area contributed by atoms with Crippen LogP contribution in [0.2, 0.25) is 0 Å². The molecule has 0 fully saturated rings. The van der Waals surface area contributed by atoms with Crippen LogP contribution < -0.4 is 10.8 Å². The number of aromatic nitrogens is 3. The average molecular weight is 248 g/mol. The molecule has 3 N–H and O–H groups in total. The fourth-order valence-corrected chi connectivity index (χ4v) is 1.56. The van der Waals surface area contributed by atoms with Crippen molar-refractivity contribution in [3.8, 4) is 0 Å². The quantitative estimate of drug-likeness (QED) is 0.529. The number of nitrogens with one attached hydrogen (secondary N) is 1. The summed E-state index contributed by atoms with van der Waals surface area (Å²) in [6.45, 7) is 1.60. The Bertz CT molecular complexity index is 426. The summed E-state index contributed by atoms with van der Waals surface area (Å²) in [5, 5.41) is 9.65. The number of Topliss-reactive ketones (excluding diaryl/α,β-unsaturated/α-hetero) is 1. The van der Waals surface area contributed by atoms with Gasteiger partial charge in [0.2, 0.25) is 0 Å². The Kier molecular flexibility index (Phi) is 3.93. The van der Waals surface area contributed by atoms with Gasteiger partial charge in [-0.25, -0.2) is 4.68 Å². The summed E-state index contributed by atoms with van der Waals surface area (Å²) < 4.78 is 12.1. The topological polar surface area (TPSA) is 117 Å². The number of rotatable bonds is 5. The van der Waals surface area contributed by atoms with Crippen LogP contribution >= 0.6 is 7.60 Å². The molecule has 0 aromatic carbocycles. The lowest BCUT2D eigenvalue weighted by molar-refractivity contribution is -0.119. The smallest absolute Gasteiger partial charge is 0.320 e. The number of carbonyl (C=O) groups excluding carboxylic acids is 1. The standard InChI is InChI=1S/C7H13N4O4P/c1-5(12)6(8-2)3-11-4-7(9-10-11)16(13,14)15/h4,6,8H,3H2,1-2H3,(H2,13,14,15)/t6-/m0/s1. The van der Waals surface area contributed by atoms with Crippen LogP contribution in [0, 0.1) is 0 Å². The minimum atomic E-state index is -4.37. The summed E-state index contributed by atoms with van der Waals surface area (Å²) in [4.78, 5) is 28.7. The van der Waals surface area contributed by atoms with Gasteiger partial charge in [0.25, 0.3) is 0 Å². The highest BCUT2D eigenvalue weighted by Crippen LogP contribution is 2.31. The molecule has 0 amide bonds. The molecule has 0 bridgehead atoms. The lowest BCUT2D eigenvalue weighted by atomic mass is 10.2. The molecular weight excluding hydrogens is 235 g/mol. The number of likely N-dealkylation sites (N-methyl/N-ethyl adjacent to an activating group) is 1. The summed E-state index contributed by atoms with van der Waals surface area (Å²) >= 11 is 0. The van der Waals surface area contributed by atoms with E-state index >= 15 is 0 Å². The molecule has 90 valence electrons. The van der Waals surface area contributed by atoms with E-state index in [4.69, 9.17) is 9.79 Å². The summed E-state index contributed by atoms with van der Waals surface area (Å²) in [6.07, 6.45) is 1.13. The molecule has 0 aliphatic rings. The number of ketones is 1. The largest absolute Gasteiger partial charge is 0.377 e. The van der Waals surface area contributed by atoms with Crippen molar-refractivity contribution in [3.05, 3.63) is 6.20 Å². The molecule has 9 heteroatoms. The predicted molar refractivity (Wildman–Crippen MR) is 55.2 cm³/mol. The van der Waals surface area contributed by atoms with Crippen LogP contribution in [0.25, 0.3) is 0 Å². The molecule has 1 heterocycles. The molecule has 16 heavy (non-hydrogen) atoms. The van der Waals surface area contributed by atoms with Gasteiger partial charge >= 0.3 is 7.60 Å². The minimum absolute atomic E-state index is 0.0873. The first-order valence-electron chi connectivity index (χ1n) is 4.48. The molecule has 0 spiro atoms. The van der Waals surface area contributed by atoms with Gasteiger partial charge in [-0.1, -0.05) is 5.21 Å². The number of nitrogens with zero attached hydrogens (tertiary/aromatic N) is 3. The Morgan fingerprint density at radius 2 is 2.31 bits per heavy atom. The molecule has 0 saturated heterocycles. The molecule has 0 unspecified atom stereocenters. The first-order chi connectivity index (χ1) is 7.34. The molecule has 8 nitrogen and oxygen atoms in total. The van der Waals surface area contributed by atoms with Crippen molar-refractivity contribution < 1.29 is 19.1 Å². The first kappa shape index (κ1) is 13.0. The molecule has 0 aliphatic carbocycles. The maximum atomic E-state index is 11.1. The highest BCUT2D eigenvalue weighted by molar-refractivity contribution is 7.59. The SMILES string of the molecule is CN[C@@H](Cn1cc(P(=O)(O)O)nn1)C(C)=O. The third-order valence-electron chi connectivity index (χ3n) is 2.03. The Balaban J connectivity index is 2.80. The number of hydrogen-bond donors (Lipinski definition) is 3. The van der Waals surface area contributed by atoms with E-state index in [0.717, 1.165) is 6.20 Å². The zero-order valence-corrected chi connectivity index (χ0v) is 9.76. The zero-order valence-electron chi connectivity index (χ0n) is 8.86. The van der Waals surface area contributed by atoms with Crippen LogP contribution in [-0.4, -0.2) is 43.7 Å². The van der Waals surface area contributed by atoms with E-state index in [0.29, 0.717) is 0 Å². The Morgan fingerprint density at radius 3 is 2.69 bits per heavy atom. The van der Waals surface area contributed by atoms with Gasteiger partial charge < -0.3 is 15.1 Å². The summed E-state index contributed by atoms with van der Waals surface area (Å²) in [5.41, 5.74) is -0.397. The van der Waals surface area contributed by atoms with Crippen molar-refractivity contribution >= 4 is 18.8 Å². The van der Waals surface area contributed by atoms with E-state index in [-0.39, 0.29) is 12.3 Å². The number of hydrogen-bond acceptors (Lipinski definition) is 5. The molecule has 1 rings (SSSR count). The maximum Gasteiger partial charge on any atom is 0.377 e. The zero-order chi connectivity index (χ0) is 12.3. The molecule has 1 aromatic heterocycles. The summed E-state index contributed by atoms with van der Waals surface area (Å²) in [7, 11) is -2.75. The van der Waals surface area contributed by atoms with E-state index in [1.54, 1.807) is 7.05 Å². The van der Waals surface area contributed by atoms with E-state index in [1.165, 1.54) is 11.6 Å². The highest BCUT2D eigenvalue weighted by atomic mass is 31.2. The van der Waals surface area contributed by atoms with Gasteiger partial charge in [0.05, 0.1) is 18.8 Å². The van der Waals surface area contributed by atoms with Crippen molar-refractivity contribution in [2.24, 2.45) is 0 Å². The molecule has 1 atom stereocenters. The van der Waals surface area contributed by atoms with Crippen molar-refractivity contribution in [2.75, 3.05) is 7.05 Å². The molecule has 0 aliphatic heterocycles. The van der Waals surface area contributed by atoms with Crippen molar-refractivity contribution in [2.45, 2.75) is 19.5 Å². The van der Waals surface area contributed by atoms with Crippen molar-refractivity contribution in [1.82, 2.24) is 20.3 Å². The lowest BCUT2D eigenvalue weighted by Crippen LogP contribution is -2.36. The second kappa shape index (κ2) is 4.84. The second-order valence-corrected chi connectivity index (χ2v) is 4.84. The highest BCUT2D eigenvalue weighted by Gasteiger charge is 2.22. The van der Waals surface area contributed by atoms with Gasteiger partial charge in [0, 0.05) is 0 Å². The monoisotopic (exact) mass is 248 g/mol. The van der Waals surface area contributed by atoms with E-state index in [1.807, 2.05) is 0 Å². The predicted octanol–water partition coefficient (Wildman–Crippen LogP) is -1.74. The van der Waals surface area contributed by atoms with Gasteiger partial charge in [-0.15, -0.1) is 5.10 Å².